The van der Waals surface area contributed by atoms with Crippen LogP contribution in [0.2, 0.25) is 5.02 Å². The van der Waals surface area contributed by atoms with Crippen LogP contribution in [0, 0.1) is 0 Å². The monoisotopic (exact) mass is 353 g/mol. The van der Waals surface area contributed by atoms with Gasteiger partial charge < -0.3 is 15.2 Å². The molecular weight excluding hydrogens is 338 g/mol. The summed E-state index contributed by atoms with van der Waals surface area (Å²) in [6, 6.07) is 6.49. The van der Waals surface area contributed by atoms with Gasteiger partial charge in [-0.15, -0.1) is 11.3 Å². The summed E-state index contributed by atoms with van der Waals surface area (Å²) >= 11 is 7.35. The maximum absolute atomic E-state index is 12.0. The van der Waals surface area contributed by atoms with Crippen LogP contribution >= 0.6 is 22.9 Å². The van der Waals surface area contributed by atoms with E-state index in [0.717, 1.165) is 4.88 Å². The van der Waals surface area contributed by atoms with Gasteiger partial charge in [-0.05, 0) is 36.2 Å². The second-order valence-corrected chi connectivity index (χ2v) is 6.37. The number of halogens is 1. The predicted octanol–water partition coefficient (Wildman–Crippen LogP) is 3.82. The molecule has 122 valence electrons. The van der Waals surface area contributed by atoms with Crippen molar-refractivity contribution in [2.24, 2.45) is 0 Å². The van der Waals surface area contributed by atoms with Crippen LogP contribution in [0.5, 0.6) is 0 Å². The molecule has 0 unspecified atom stereocenters. The van der Waals surface area contributed by atoms with Crippen molar-refractivity contribution >= 4 is 40.5 Å². The van der Waals surface area contributed by atoms with Crippen molar-refractivity contribution in [1.82, 2.24) is 0 Å². The average Bonchev–Trinajstić information content (AvgIpc) is 2.91. The third-order valence-corrected chi connectivity index (χ3v) is 4.40. The first-order valence-electron chi connectivity index (χ1n) is 6.87. The Hall–Kier alpha value is -1.89. The van der Waals surface area contributed by atoms with Crippen LogP contribution in [-0.4, -0.2) is 24.1 Å². The van der Waals surface area contributed by atoms with Crippen molar-refractivity contribution in [3.63, 3.8) is 0 Å². The zero-order valence-corrected chi connectivity index (χ0v) is 14.0. The first kappa shape index (κ1) is 17.5. The molecule has 0 aliphatic rings. The lowest BCUT2D eigenvalue weighted by atomic mass is 10.1. The Kier molecular flexibility index (Phi) is 6.15. The van der Waals surface area contributed by atoms with Gasteiger partial charge in [-0.1, -0.05) is 11.6 Å². The lowest BCUT2D eigenvalue weighted by Gasteiger charge is -2.09. The molecule has 0 saturated heterocycles. The molecule has 2 aromatic rings. The number of ether oxygens (including phenoxy) is 1. The van der Waals surface area contributed by atoms with E-state index < -0.39 is 5.97 Å². The number of hydrogen-bond acceptors (Lipinski definition) is 4. The van der Waals surface area contributed by atoms with Crippen molar-refractivity contribution in [3.05, 3.63) is 50.7 Å². The van der Waals surface area contributed by atoms with E-state index in [1.54, 1.807) is 6.07 Å². The Morgan fingerprint density at radius 2 is 2.09 bits per heavy atom. The molecule has 1 aromatic heterocycles. The summed E-state index contributed by atoms with van der Waals surface area (Å²) in [6.07, 6.45) is 0.889. The zero-order chi connectivity index (χ0) is 16.8. The maximum Gasteiger partial charge on any atom is 0.335 e. The van der Waals surface area contributed by atoms with Crippen LogP contribution in [-0.2, 0) is 22.6 Å². The standard InChI is InChI=1S/C16H16ClNO4S/c1-22-8-10-4-11(16(20)21)6-13(5-10)18-15(19)3-2-14-7-12(17)9-23-14/h4-7,9H,2-3,8H2,1H3,(H,18,19)(H,20,21). The summed E-state index contributed by atoms with van der Waals surface area (Å²) in [5, 5.41) is 14.3. The van der Waals surface area contributed by atoms with Crippen LogP contribution in [0.25, 0.3) is 0 Å². The molecular formula is C16H16ClNO4S. The Labute approximate surface area is 142 Å². The molecule has 0 aliphatic heterocycles. The highest BCUT2D eigenvalue weighted by Crippen LogP contribution is 2.21. The molecule has 1 amide bonds. The fourth-order valence-electron chi connectivity index (χ4n) is 2.08. The highest BCUT2D eigenvalue weighted by atomic mass is 35.5. The van der Waals surface area contributed by atoms with Gasteiger partial charge in [0.2, 0.25) is 5.91 Å². The third kappa shape index (κ3) is 5.35. The number of thiophene rings is 1. The Balaban J connectivity index is 2.02. The molecule has 0 radical (unpaired) electrons. The number of nitrogens with one attached hydrogen (secondary N) is 1. The minimum absolute atomic E-state index is 0.111. The molecule has 23 heavy (non-hydrogen) atoms. The molecule has 0 atom stereocenters. The fraction of sp³-hybridized carbons (Fsp3) is 0.250. The number of hydrogen-bond donors (Lipinski definition) is 2. The zero-order valence-electron chi connectivity index (χ0n) is 12.5. The summed E-state index contributed by atoms with van der Waals surface area (Å²) < 4.78 is 5.01. The summed E-state index contributed by atoms with van der Waals surface area (Å²) in [6.45, 7) is 0.275. The maximum atomic E-state index is 12.0. The molecule has 1 heterocycles. The van der Waals surface area contributed by atoms with Crippen LogP contribution in [0.4, 0.5) is 5.69 Å². The van der Waals surface area contributed by atoms with Crippen molar-refractivity contribution < 1.29 is 19.4 Å². The van der Waals surface area contributed by atoms with Crippen molar-refractivity contribution in [2.75, 3.05) is 12.4 Å². The number of carboxylic acid groups (broad SMARTS) is 1. The molecule has 2 N–H and O–H groups in total. The van der Waals surface area contributed by atoms with E-state index >= 15 is 0 Å². The van der Waals surface area contributed by atoms with Gasteiger partial charge in [0.05, 0.1) is 17.2 Å². The lowest BCUT2D eigenvalue weighted by molar-refractivity contribution is -0.116. The highest BCUT2D eigenvalue weighted by molar-refractivity contribution is 7.10. The highest BCUT2D eigenvalue weighted by Gasteiger charge is 2.10. The molecule has 0 fully saturated rings. The molecule has 1 aromatic carbocycles. The normalized spacial score (nSPS) is 10.5. The van der Waals surface area contributed by atoms with Crippen molar-refractivity contribution in [1.29, 1.82) is 0 Å². The summed E-state index contributed by atoms with van der Waals surface area (Å²) in [5.74, 6) is -1.23. The fourth-order valence-corrected chi connectivity index (χ4v) is 3.16. The Bertz CT molecular complexity index is 714. The smallest absolute Gasteiger partial charge is 0.335 e. The number of anilines is 1. The number of benzene rings is 1. The van der Waals surface area contributed by atoms with E-state index in [0.29, 0.717) is 29.1 Å². The SMILES string of the molecule is COCc1cc(NC(=O)CCc2cc(Cl)cs2)cc(C(=O)O)c1. The van der Waals surface area contributed by atoms with E-state index in [2.05, 4.69) is 5.32 Å². The minimum atomic E-state index is -1.05. The largest absolute Gasteiger partial charge is 0.478 e. The molecule has 0 aliphatic carbocycles. The number of carbonyl (C=O) groups is 2. The summed E-state index contributed by atoms with van der Waals surface area (Å²) in [7, 11) is 1.53. The Morgan fingerprint density at radius 1 is 1.30 bits per heavy atom. The number of amides is 1. The van der Waals surface area contributed by atoms with Crippen LogP contribution in [0.3, 0.4) is 0 Å². The summed E-state index contributed by atoms with van der Waals surface area (Å²) in [4.78, 5) is 24.2. The van der Waals surface area contributed by atoms with Gasteiger partial charge >= 0.3 is 5.97 Å². The number of aryl methyl sites for hydroxylation is 1. The van der Waals surface area contributed by atoms with Gasteiger partial charge in [0.25, 0.3) is 0 Å². The molecule has 7 heteroatoms. The van der Waals surface area contributed by atoms with Gasteiger partial charge in [-0.25, -0.2) is 4.79 Å². The average molecular weight is 354 g/mol. The van der Waals surface area contributed by atoms with Gasteiger partial charge in [-0.3, -0.25) is 4.79 Å². The number of aromatic carboxylic acids is 1. The van der Waals surface area contributed by atoms with E-state index in [4.69, 9.17) is 21.4 Å². The third-order valence-electron chi connectivity index (χ3n) is 3.05. The number of carboxylic acids is 1. The molecule has 0 saturated carbocycles. The predicted molar refractivity (Wildman–Crippen MR) is 90.4 cm³/mol. The molecule has 0 bridgehead atoms. The second-order valence-electron chi connectivity index (χ2n) is 4.94. The van der Waals surface area contributed by atoms with E-state index in [-0.39, 0.29) is 18.1 Å². The van der Waals surface area contributed by atoms with Crippen molar-refractivity contribution in [2.45, 2.75) is 19.4 Å². The minimum Gasteiger partial charge on any atom is -0.478 e. The van der Waals surface area contributed by atoms with Crippen LogP contribution in [0.15, 0.2) is 29.6 Å². The summed E-state index contributed by atoms with van der Waals surface area (Å²) in [5.41, 5.74) is 1.25. The van der Waals surface area contributed by atoms with E-state index in [1.807, 2.05) is 11.4 Å². The molecule has 5 nitrogen and oxygen atoms in total. The Morgan fingerprint density at radius 3 is 2.70 bits per heavy atom. The number of rotatable bonds is 7. The topological polar surface area (TPSA) is 75.6 Å². The van der Waals surface area contributed by atoms with Crippen molar-refractivity contribution in [3.8, 4) is 0 Å². The van der Waals surface area contributed by atoms with Gasteiger partial charge in [0, 0.05) is 29.5 Å². The van der Waals surface area contributed by atoms with E-state index in [9.17, 15) is 9.59 Å². The first-order valence-corrected chi connectivity index (χ1v) is 8.12. The van der Waals surface area contributed by atoms with E-state index in [1.165, 1.54) is 30.6 Å². The second kappa shape index (κ2) is 8.10. The number of carbonyl (C=O) groups excluding carboxylic acids is 1. The molecule has 0 spiro atoms. The molecule has 2 rings (SSSR count). The van der Waals surface area contributed by atoms with Crippen LogP contribution in [0.1, 0.15) is 27.2 Å². The lowest BCUT2D eigenvalue weighted by Crippen LogP contribution is -2.13. The number of methoxy groups -OCH3 is 1. The van der Waals surface area contributed by atoms with Gasteiger partial charge in [-0.2, -0.15) is 0 Å². The van der Waals surface area contributed by atoms with Gasteiger partial charge in [0.15, 0.2) is 0 Å². The van der Waals surface area contributed by atoms with Crippen LogP contribution < -0.4 is 5.32 Å². The quantitative estimate of drug-likeness (QED) is 0.793. The first-order chi connectivity index (χ1) is 11.0. The van der Waals surface area contributed by atoms with Gasteiger partial charge in [0.1, 0.15) is 0 Å².